The first-order valence-corrected chi connectivity index (χ1v) is 10.3. The number of hydrogen-bond donors (Lipinski definition) is 1. The van der Waals surface area contributed by atoms with Gasteiger partial charge in [-0.25, -0.2) is 19.2 Å². The Morgan fingerprint density at radius 3 is 2.53 bits per heavy atom. The summed E-state index contributed by atoms with van der Waals surface area (Å²) < 4.78 is 25.9. The lowest BCUT2D eigenvalue weighted by atomic mass is 10.2. The summed E-state index contributed by atoms with van der Waals surface area (Å²) in [7, 11) is 0. The molecule has 0 unspecified atom stereocenters. The first-order chi connectivity index (χ1) is 16.5. The molecule has 2 aromatic heterocycles. The van der Waals surface area contributed by atoms with Gasteiger partial charge in [0.25, 0.3) is 5.56 Å². The summed E-state index contributed by atoms with van der Waals surface area (Å²) in [5.41, 5.74) is -0.0765. The number of ether oxygens (including phenoxy) is 2. The van der Waals surface area contributed by atoms with Crippen LogP contribution in [0.2, 0.25) is 0 Å². The van der Waals surface area contributed by atoms with Gasteiger partial charge in [-0.15, -0.1) is 0 Å². The maximum atomic E-state index is 13.2. The van der Waals surface area contributed by atoms with E-state index in [1.807, 2.05) is 0 Å². The third kappa shape index (κ3) is 4.10. The van der Waals surface area contributed by atoms with Gasteiger partial charge in [-0.2, -0.15) is 0 Å². The molecule has 0 bridgehead atoms. The summed E-state index contributed by atoms with van der Waals surface area (Å²) >= 11 is 0. The summed E-state index contributed by atoms with van der Waals surface area (Å²) in [5.74, 6) is 0.336. The van der Waals surface area contributed by atoms with Crippen LogP contribution in [0, 0.1) is 5.82 Å². The molecule has 2 aromatic carbocycles. The van der Waals surface area contributed by atoms with Crippen molar-refractivity contribution < 1.29 is 18.7 Å². The van der Waals surface area contributed by atoms with E-state index in [1.165, 1.54) is 36.7 Å². The molecule has 1 aliphatic heterocycles. The number of halogens is 1. The average Bonchev–Trinajstić information content (AvgIpc) is 3.32. The van der Waals surface area contributed by atoms with E-state index in [0.717, 1.165) is 14.7 Å². The van der Waals surface area contributed by atoms with Crippen molar-refractivity contribution >= 4 is 17.1 Å². The molecule has 172 valence electrons. The van der Waals surface area contributed by atoms with Gasteiger partial charge in [-0.05, 0) is 35.4 Å². The highest BCUT2D eigenvalue weighted by molar-refractivity contribution is 5.78. The molecule has 0 radical (unpaired) electrons. The molecule has 1 amide bonds. The number of benzene rings is 2. The number of rotatable bonds is 6. The van der Waals surface area contributed by atoms with Crippen LogP contribution in [0.3, 0.4) is 0 Å². The highest BCUT2D eigenvalue weighted by atomic mass is 19.1. The fraction of sp³-hybridized carbons (Fsp3) is 0.174. The van der Waals surface area contributed by atoms with Crippen molar-refractivity contribution in [2.24, 2.45) is 0 Å². The van der Waals surface area contributed by atoms with Crippen LogP contribution in [-0.2, 0) is 24.4 Å². The molecule has 1 aliphatic rings. The monoisotopic (exact) mass is 463 g/mol. The van der Waals surface area contributed by atoms with Gasteiger partial charge < -0.3 is 14.8 Å². The first kappa shape index (κ1) is 21.3. The summed E-state index contributed by atoms with van der Waals surface area (Å²) in [4.78, 5) is 47.0. The molecule has 5 rings (SSSR count). The van der Waals surface area contributed by atoms with Crippen molar-refractivity contribution in [3.8, 4) is 11.5 Å². The lowest BCUT2D eigenvalue weighted by Crippen LogP contribution is -2.43. The van der Waals surface area contributed by atoms with Crippen LogP contribution >= 0.6 is 0 Å². The lowest BCUT2D eigenvalue weighted by molar-refractivity contribution is -0.121. The van der Waals surface area contributed by atoms with Crippen LogP contribution in [0.1, 0.15) is 11.1 Å². The Bertz CT molecular complexity index is 1510. The number of nitrogens with zero attached hydrogens (tertiary/aromatic N) is 4. The van der Waals surface area contributed by atoms with E-state index in [-0.39, 0.29) is 37.6 Å². The molecule has 0 aliphatic carbocycles. The van der Waals surface area contributed by atoms with E-state index in [4.69, 9.17) is 9.47 Å². The minimum Gasteiger partial charge on any atom is -0.454 e. The molecule has 4 aromatic rings. The Morgan fingerprint density at radius 1 is 0.971 bits per heavy atom. The third-order valence-electron chi connectivity index (χ3n) is 5.33. The van der Waals surface area contributed by atoms with E-state index in [0.29, 0.717) is 17.1 Å². The quantitative estimate of drug-likeness (QED) is 0.456. The van der Waals surface area contributed by atoms with Gasteiger partial charge in [0.1, 0.15) is 12.4 Å². The highest BCUT2D eigenvalue weighted by Crippen LogP contribution is 2.32. The predicted molar refractivity (Wildman–Crippen MR) is 118 cm³/mol. The molecule has 0 saturated carbocycles. The molecule has 10 nitrogen and oxygen atoms in total. The van der Waals surface area contributed by atoms with Crippen molar-refractivity contribution in [3.63, 3.8) is 0 Å². The largest absolute Gasteiger partial charge is 0.454 e. The highest BCUT2D eigenvalue weighted by Gasteiger charge is 2.18. The number of carbonyl (C=O) groups is 1. The molecule has 11 heteroatoms. The maximum absolute atomic E-state index is 13.2. The van der Waals surface area contributed by atoms with Gasteiger partial charge in [-0.1, -0.05) is 18.2 Å². The Morgan fingerprint density at radius 2 is 1.71 bits per heavy atom. The second-order valence-corrected chi connectivity index (χ2v) is 7.58. The smallest absolute Gasteiger partial charge is 0.333 e. The van der Waals surface area contributed by atoms with Gasteiger partial charge in [-0.3, -0.25) is 18.7 Å². The fourth-order valence-electron chi connectivity index (χ4n) is 3.64. The molecular formula is C23H18FN5O5. The van der Waals surface area contributed by atoms with E-state index in [9.17, 15) is 18.8 Å². The molecule has 3 heterocycles. The number of hydrogen-bond acceptors (Lipinski definition) is 7. The maximum Gasteiger partial charge on any atom is 0.333 e. The van der Waals surface area contributed by atoms with Gasteiger partial charge >= 0.3 is 5.69 Å². The van der Waals surface area contributed by atoms with Gasteiger partial charge in [0, 0.05) is 18.9 Å². The van der Waals surface area contributed by atoms with E-state index >= 15 is 0 Å². The minimum absolute atomic E-state index is 0.00563. The zero-order valence-electron chi connectivity index (χ0n) is 17.7. The molecule has 0 saturated heterocycles. The van der Waals surface area contributed by atoms with Crippen LogP contribution in [-0.4, -0.2) is 31.8 Å². The van der Waals surface area contributed by atoms with Crippen molar-refractivity contribution in [2.45, 2.75) is 19.6 Å². The van der Waals surface area contributed by atoms with Crippen molar-refractivity contribution in [1.29, 1.82) is 0 Å². The summed E-state index contributed by atoms with van der Waals surface area (Å²) in [6.45, 7) is -0.135. The average molecular weight is 463 g/mol. The first-order valence-electron chi connectivity index (χ1n) is 10.3. The SMILES string of the molecule is O=C(Cn1c(=O)n(Cc2ccc(F)cc2)c(=O)c2nccnc21)NCc1ccc2c(c1)OCO2. The molecule has 1 N–H and O–H groups in total. The molecule has 34 heavy (non-hydrogen) atoms. The Kier molecular flexibility index (Phi) is 5.50. The zero-order valence-corrected chi connectivity index (χ0v) is 17.7. The van der Waals surface area contributed by atoms with E-state index in [1.54, 1.807) is 18.2 Å². The standard InChI is InChI=1S/C23H18FN5O5/c24-16-4-1-14(2-5-16)11-29-22(31)20-21(26-8-7-25-20)28(23(29)32)12-19(30)27-10-15-3-6-17-18(9-15)34-13-33-17/h1-9H,10-13H2,(H,27,30). The minimum atomic E-state index is -0.722. The number of amides is 1. The van der Waals surface area contributed by atoms with Crippen LogP contribution in [0.15, 0.2) is 64.4 Å². The van der Waals surface area contributed by atoms with Crippen LogP contribution in [0.5, 0.6) is 11.5 Å². The second-order valence-electron chi connectivity index (χ2n) is 7.58. The molecule has 0 atom stereocenters. The molecule has 0 fully saturated rings. The number of nitrogens with one attached hydrogen (secondary N) is 1. The predicted octanol–water partition coefficient (Wildman–Crippen LogP) is 1.19. The number of fused-ring (bicyclic) bond motifs is 2. The van der Waals surface area contributed by atoms with E-state index < -0.39 is 23.0 Å². The number of carbonyl (C=O) groups excluding carboxylic acids is 1. The molecular weight excluding hydrogens is 445 g/mol. The van der Waals surface area contributed by atoms with Crippen LogP contribution in [0.25, 0.3) is 11.2 Å². The number of aromatic nitrogens is 4. The zero-order chi connectivity index (χ0) is 23.7. The van der Waals surface area contributed by atoms with Gasteiger partial charge in [0.05, 0.1) is 6.54 Å². The van der Waals surface area contributed by atoms with Crippen LogP contribution < -0.4 is 26.0 Å². The van der Waals surface area contributed by atoms with Gasteiger partial charge in [0.2, 0.25) is 12.7 Å². The summed E-state index contributed by atoms with van der Waals surface area (Å²) in [5, 5.41) is 2.75. The van der Waals surface area contributed by atoms with Gasteiger partial charge in [0.15, 0.2) is 22.7 Å². The fourth-order valence-corrected chi connectivity index (χ4v) is 3.64. The van der Waals surface area contributed by atoms with Crippen LogP contribution in [0.4, 0.5) is 4.39 Å². The lowest BCUT2D eigenvalue weighted by Gasteiger charge is -2.13. The Hall–Kier alpha value is -4.54. The Labute approximate surface area is 191 Å². The van der Waals surface area contributed by atoms with Crippen molar-refractivity contribution in [3.05, 3.63) is 92.6 Å². The summed E-state index contributed by atoms with van der Waals surface area (Å²) in [6, 6.07) is 10.7. The Balaban J connectivity index is 1.42. The van der Waals surface area contributed by atoms with Crippen molar-refractivity contribution in [2.75, 3.05) is 6.79 Å². The normalized spacial score (nSPS) is 12.1. The third-order valence-corrected chi connectivity index (χ3v) is 5.33. The van der Waals surface area contributed by atoms with Crippen molar-refractivity contribution in [1.82, 2.24) is 24.4 Å². The van der Waals surface area contributed by atoms with E-state index in [2.05, 4.69) is 15.3 Å². The summed E-state index contributed by atoms with van der Waals surface area (Å²) in [6.07, 6.45) is 2.67. The second kappa shape index (κ2) is 8.77. The topological polar surface area (TPSA) is 117 Å². The molecule has 0 spiro atoms.